The summed E-state index contributed by atoms with van der Waals surface area (Å²) >= 11 is 5.86. The number of amides is 1. The molecule has 0 heterocycles. The van der Waals surface area contributed by atoms with Gasteiger partial charge in [-0.2, -0.15) is 4.99 Å². The summed E-state index contributed by atoms with van der Waals surface area (Å²) in [5, 5.41) is 5.67. The smallest absolute Gasteiger partial charge is 0.407 e. The Morgan fingerprint density at radius 2 is 1.75 bits per heavy atom. The monoisotopic (exact) mass is 414 g/mol. The van der Waals surface area contributed by atoms with Crippen LogP contribution in [0, 0.1) is 11.8 Å². The van der Waals surface area contributed by atoms with E-state index in [9.17, 15) is 4.79 Å². The summed E-state index contributed by atoms with van der Waals surface area (Å²) in [5.74, 6) is 6.23. The van der Waals surface area contributed by atoms with Crippen LogP contribution in [0.15, 0.2) is 21.4 Å². The molecule has 0 aliphatic rings. The molecule has 0 spiro atoms. The quantitative estimate of drug-likeness (QED) is 0.151. The number of nitrogens with zero attached hydrogens (tertiary/aromatic N) is 2. The minimum absolute atomic E-state index is 0.0325. The second-order valence-electron chi connectivity index (χ2n) is 6.38. The van der Waals surface area contributed by atoms with E-state index in [1.807, 2.05) is 13.8 Å². The number of aliphatic imine (C=N–C) groups is 2. The van der Waals surface area contributed by atoms with Crippen molar-refractivity contribution < 1.29 is 19.0 Å². The summed E-state index contributed by atoms with van der Waals surface area (Å²) in [7, 11) is 0. The van der Waals surface area contributed by atoms with Gasteiger partial charge in [-0.3, -0.25) is 0 Å². The first kappa shape index (κ1) is 25.9. The van der Waals surface area contributed by atoms with Crippen LogP contribution in [0.4, 0.5) is 4.79 Å². The van der Waals surface area contributed by atoms with Gasteiger partial charge in [0.25, 0.3) is 0 Å². The molecule has 0 aromatic carbocycles. The summed E-state index contributed by atoms with van der Waals surface area (Å²) in [4.78, 5) is 19.4. The van der Waals surface area contributed by atoms with Crippen molar-refractivity contribution >= 4 is 29.7 Å². The van der Waals surface area contributed by atoms with Crippen LogP contribution < -0.4 is 10.6 Å². The molecule has 0 aromatic rings. The predicted octanol–water partition coefficient (Wildman–Crippen LogP) is 3.03. The number of carbonyl (C=O) groups excluding carboxylic acids is 1. The topological polar surface area (TPSA) is 93.5 Å². The summed E-state index contributed by atoms with van der Waals surface area (Å²) in [6, 6.07) is 0. The molecule has 0 aromatic heterocycles. The maximum atomic E-state index is 11.7. The zero-order valence-corrected chi connectivity index (χ0v) is 18.3. The van der Waals surface area contributed by atoms with Crippen LogP contribution >= 0.6 is 11.6 Å². The third-order valence-corrected chi connectivity index (χ3v) is 2.99. The Kier molecular flexibility index (Phi) is 13.0. The van der Waals surface area contributed by atoms with E-state index in [4.69, 9.17) is 25.8 Å². The number of hydrogen-bond donors (Lipinski definition) is 2. The van der Waals surface area contributed by atoms with E-state index < -0.39 is 18.0 Å². The lowest BCUT2D eigenvalue weighted by Crippen LogP contribution is -2.36. The van der Waals surface area contributed by atoms with Crippen molar-refractivity contribution in [3.8, 4) is 11.8 Å². The molecule has 0 bridgehead atoms. The lowest BCUT2D eigenvalue weighted by molar-refractivity contribution is -0.0970. The maximum absolute atomic E-state index is 11.7. The predicted molar refractivity (Wildman–Crippen MR) is 113 cm³/mol. The number of allylic oxidation sites excluding steroid dienone is 1. The van der Waals surface area contributed by atoms with Gasteiger partial charge in [-0.15, -0.1) is 0 Å². The Morgan fingerprint density at radius 1 is 1.18 bits per heavy atom. The van der Waals surface area contributed by atoms with E-state index in [0.29, 0.717) is 37.7 Å². The molecule has 9 heteroatoms. The molecule has 0 fully saturated rings. The molecule has 0 unspecified atom stereocenters. The van der Waals surface area contributed by atoms with E-state index in [-0.39, 0.29) is 5.29 Å². The van der Waals surface area contributed by atoms with Gasteiger partial charge in [-0.05, 0) is 65.8 Å². The zero-order valence-electron chi connectivity index (χ0n) is 17.5. The molecule has 0 aliphatic heterocycles. The van der Waals surface area contributed by atoms with E-state index in [2.05, 4.69) is 39.2 Å². The minimum atomic E-state index is -0.628. The Bertz CT molecular complexity index is 624. The van der Waals surface area contributed by atoms with Gasteiger partial charge in [0.2, 0.25) is 11.6 Å². The highest BCUT2D eigenvalue weighted by atomic mass is 35.5. The zero-order chi connectivity index (χ0) is 21.6. The molecule has 0 radical (unpaired) electrons. The van der Waals surface area contributed by atoms with Gasteiger partial charge in [0.05, 0.1) is 0 Å². The van der Waals surface area contributed by atoms with Gasteiger partial charge >= 0.3 is 6.09 Å². The van der Waals surface area contributed by atoms with Crippen LogP contribution in [0.2, 0.25) is 0 Å². The molecule has 0 aliphatic carbocycles. The van der Waals surface area contributed by atoms with Crippen molar-refractivity contribution in [2.75, 3.05) is 26.3 Å². The van der Waals surface area contributed by atoms with Gasteiger partial charge in [0, 0.05) is 31.9 Å². The van der Waals surface area contributed by atoms with E-state index in [0.717, 1.165) is 0 Å². The molecule has 0 saturated carbocycles. The van der Waals surface area contributed by atoms with Gasteiger partial charge in [0.1, 0.15) is 11.4 Å². The van der Waals surface area contributed by atoms with Crippen molar-refractivity contribution in [2.45, 2.75) is 53.4 Å². The molecule has 0 atom stereocenters. The van der Waals surface area contributed by atoms with E-state index in [1.165, 1.54) is 0 Å². The fourth-order valence-corrected chi connectivity index (χ4v) is 1.79. The largest absolute Gasteiger partial charge is 0.444 e. The van der Waals surface area contributed by atoms with Crippen molar-refractivity contribution in [1.29, 1.82) is 0 Å². The first-order valence-corrected chi connectivity index (χ1v) is 9.38. The van der Waals surface area contributed by atoms with Gasteiger partial charge in [0.15, 0.2) is 0 Å². The van der Waals surface area contributed by atoms with Crippen LogP contribution in [0.5, 0.6) is 0 Å². The van der Waals surface area contributed by atoms with Crippen LogP contribution in [-0.4, -0.2) is 56.3 Å². The Balaban J connectivity index is 5.06. The summed E-state index contributed by atoms with van der Waals surface area (Å²) in [6.07, 6.45) is -1.13. The lowest BCUT2D eigenvalue weighted by Gasteiger charge is -2.19. The molecule has 1 amide bonds. The molecule has 2 N–H and O–H groups in total. The Morgan fingerprint density at radius 3 is 2.25 bits per heavy atom. The fraction of sp³-hybridized carbons (Fsp3) is 0.632. The normalized spacial score (nSPS) is 12.6. The van der Waals surface area contributed by atoms with Crippen LogP contribution in [0.1, 0.15) is 41.5 Å². The standard InChI is InChI=1S/C19H31ClN4O4/c1-8-26-15(27-9-2)11-10-14(3)16(24-17(20)21-7)22-12-13-23-18(25)28-19(4,5)6/h15,22H,7-9,12-13H2,1-6H3,(H,23,25)/b16-14+,24-17?. The number of ether oxygens (including phenoxy) is 3. The van der Waals surface area contributed by atoms with Crippen LogP contribution in [-0.2, 0) is 14.2 Å². The molecule has 8 nitrogen and oxygen atoms in total. The average Bonchev–Trinajstić information content (AvgIpc) is 2.60. The number of nitrogens with one attached hydrogen (secondary N) is 2. The SMILES string of the molecule is C=NC(Cl)=N/C(NCCNC(=O)OC(C)(C)C)=C(\C)C#CC(OCC)OCC. The highest BCUT2D eigenvalue weighted by Crippen LogP contribution is 2.07. The van der Waals surface area contributed by atoms with Crippen molar-refractivity contribution in [3.63, 3.8) is 0 Å². The van der Waals surface area contributed by atoms with Crippen LogP contribution in [0.25, 0.3) is 0 Å². The van der Waals surface area contributed by atoms with Crippen molar-refractivity contribution in [1.82, 2.24) is 10.6 Å². The van der Waals surface area contributed by atoms with Crippen molar-refractivity contribution in [2.24, 2.45) is 9.98 Å². The molecule has 0 rings (SSSR count). The summed E-state index contributed by atoms with van der Waals surface area (Å²) < 4.78 is 16.0. The first-order chi connectivity index (χ1) is 13.1. The van der Waals surface area contributed by atoms with Crippen LogP contribution in [0.3, 0.4) is 0 Å². The molecule has 158 valence electrons. The second-order valence-corrected chi connectivity index (χ2v) is 6.72. The lowest BCUT2D eigenvalue weighted by atomic mass is 10.2. The highest BCUT2D eigenvalue weighted by Gasteiger charge is 2.15. The van der Waals surface area contributed by atoms with E-state index in [1.54, 1.807) is 27.7 Å². The molecular weight excluding hydrogens is 384 g/mol. The van der Waals surface area contributed by atoms with Gasteiger partial charge in [-0.1, -0.05) is 5.92 Å². The number of hydrogen-bond acceptors (Lipinski definition) is 6. The second kappa shape index (κ2) is 14.0. The number of amidine groups is 1. The summed E-state index contributed by atoms with van der Waals surface area (Å²) in [5.41, 5.74) is 0.0447. The van der Waals surface area contributed by atoms with E-state index >= 15 is 0 Å². The number of rotatable bonds is 9. The maximum Gasteiger partial charge on any atom is 0.407 e. The third kappa shape index (κ3) is 13.1. The minimum Gasteiger partial charge on any atom is -0.444 e. The van der Waals surface area contributed by atoms with Crippen molar-refractivity contribution in [3.05, 3.63) is 11.4 Å². The average molecular weight is 415 g/mol. The fourth-order valence-electron chi connectivity index (χ4n) is 1.70. The number of halogens is 1. The Hall–Kier alpha value is -2.08. The number of carbonyl (C=O) groups is 1. The first-order valence-electron chi connectivity index (χ1n) is 9.00. The number of alkyl carbamates (subject to hydrolysis) is 1. The molecular formula is C19H31ClN4O4. The Labute approximate surface area is 172 Å². The van der Waals surface area contributed by atoms with Gasteiger partial charge in [-0.25, -0.2) is 9.79 Å². The van der Waals surface area contributed by atoms with Gasteiger partial charge < -0.3 is 24.8 Å². The molecule has 28 heavy (non-hydrogen) atoms. The highest BCUT2D eigenvalue weighted by molar-refractivity contribution is 6.65. The molecule has 0 saturated heterocycles. The summed E-state index contributed by atoms with van der Waals surface area (Å²) in [6.45, 7) is 15.9. The third-order valence-electron chi connectivity index (χ3n) is 2.79.